The van der Waals surface area contributed by atoms with Crippen LogP contribution in [0.25, 0.3) is 21.8 Å². The lowest BCUT2D eigenvalue weighted by Gasteiger charge is -2.39. The third kappa shape index (κ3) is 3.88. The van der Waals surface area contributed by atoms with E-state index in [9.17, 15) is 9.00 Å². The van der Waals surface area contributed by atoms with Gasteiger partial charge >= 0.3 is 17.5 Å². The smallest absolute Gasteiger partial charge is 0.410 e. The lowest BCUT2D eigenvalue weighted by atomic mass is 9.99. The van der Waals surface area contributed by atoms with E-state index in [1.54, 1.807) is 4.90 Å². The Balaban J connectivity index is 1.66. The van der Waals surface area contributed by atoms with Gasteiger partial charge in [0.25, 0.3) is 0 Å². The topological polar surface area (TPSA) is 70.0 Å². The van der Waals surface area contributed by atoms with Crippen LogP contribution in [0.15, 0.2) is 36.4 Å². The fourth-order valence-corrected chi connectivity index (χ4v) is 5.65. The average molecular weight is 497 g/mol. The number of rotatable bonds is 1. The van der Waals surface area contributed by atoms with Crippen LogP contribution < -0.4 is 0 Å². The van der Waals surface area contributed by atoms with Crippen LogP contribution in [0.5, 0.6) is 0 Å². The SMILES string of the molecule is CC(C)(C)OC(=O)N1C[C@@H]2OS(=O)O[C@@H]2[C@@H](n2c3ccc(Cl)cc3c3cc(Cl)ccc32)C1. The molecule has 0 bridgehead atoms. The third-order valence-electron chi connectivity index (χ3n) is 5.66. The monoisotopic (exact) mass is 496 g/mol. The zero-order valence-corrected chi connectivity index (χ0v) is 20.0. The van der Waals surface area contributed by atoms with E-state index < -0.39 is 35.3 Å². The summed E-state index contributed by atoms with van der Waals surface area (Å²) >= 11 is 10.7. The molecule has 0 spiro atoms. The van der Waals surface area contributed by atoms with Crippen LogP contribution in [0.1, 0.15) is 26.8 Å². The summed E-state index contributed by atoms with van der Waals surface area (Å²) in [6.45, 7) is 6.00. The lowest BCUT2D eigenvalue weighted by Crippen LogP contribution is -2.54. The molecule has 7 nitrogen and oxygen atoms in total. The van der Waals surface area contributed by atoms with Gasteiger partial charge in [0.15, 0.2) is 0 Å². The predicted molar refractivity (Wildman–Crippen MR) is 124 cm³/mol. The highest BCUT2D eigenvalue weighted by Crippen LogP contribution is 2.40. The Hall–Kier alpha value is -1.84. The summed E-state index contributed by atoms with van der Waals surface area (Å²) in [5.41, 5.74) is 1.17. The Bertz CT molecular complexity index is 1200. The first-order chi connectivity index (χ1) is 15.1. The second-order valence-electron chi connectivity index (χ2n) is 9.05. The first kappa shape index (κ1) is 22.0. The van der Waals surface area contributed by atoms with Crippen molar-refractivity contribution in [2.24, 2.45) is 0 Å². The number of aromatic nitrogens is 1. The summed E-state index contributed by atoms with van der Waals surface area (Å²) in [5, 5.41) is 3.08. The van der Waals surface area contributed by atoms with Crippen molar-refractivity contribution in [1.29, 1.82) is 0 Å². The number of carbonyl (C=O) groups is 1. The summed E-state index contributed by atoms with van der Waals surface area (Å²) in [5.74, 6) is 0. The van der Waals surface area contributed by atoms with Crippen LogP contribution >= 0.6 is 23.2 Å². The van der Waals surface area contributed by atoms with Crippen LogP contribution in [-0.4, -0.2) is 50.7 Å². The number of amides is 1. The molecule has 3 heterocycles. The van der Waals surface area contributed by atoms with Crippen LogP contribution in [0.3, 0.4) is 0 Å². The predicted octanol–water partition coefficient (Wildman–Crippen LogP) is 5.26. The van der Waals surface area contributed by atoms with Crippen molar-refractivity contribution in [2.75, 3.05) is 13.1 Å². The van der Waals surface area contributed by atoms with Crippen LogP contribution in [0, 0.1) is 0 Å². The van der Waals surface area contributed by atoms with Gasteiger partial charge in [-0.25, -0.2) is 4.79 Å². The third-order valence-corrected chi connectivity index (χ3v) is 6.91. The van der Waals surface area contributed by atoms with Crippen LogP contribution in [-0.2, 0) is 24.5 Å². The number of hydrogen-bond donors (Lipinski definition) is 0. The zero-order chi connectivity index (χ0) is 22.8. The van der Waals surface area contributed by atoms with E-state index >= 15 is 0 Å². The van der Waals surface area contributed by atoms with Crippen molar-refractivity contribution >= 4 is 62.5 Å². The summed E-state index contributed by atoms with van der Waals surface area (Å²) in [6, 6.07) is 10.9. The Morgan fingerprint density at radius 1 is 1.03 bits per heavy atom. The number of halogens is 2. The second kappa shape index (κ2) is 7.88. The van der Waals surface area contributed by atoms with E-state index in [4.69, 9.17) is 36.3 Å². The van der Waals surface area contributed by atoms with Crippen molar-refractivity contribution in [3.05, 3.63) is 46.4 Å². The molecule has 0 saturated carbocycles. The molecule has 170 valence electrons. The van der Waals surface area contributed by atoms with E-state index in [1.807, 2.05) is 57.2 Å². The molecular weight excluding hydrogens is 475 g/mol. The summed E-state index contributed by atoms with van der Waals surface area (Å²) < 4.78 is 31.0. The number of carbonyl (C=O) groups excluding carboxylic acids is 1. The number of ether oxygens (including phenoxy) is 1. The van der Waals surface area contributed by atoms with Gasteiger partial charge in [-0.3, -0.25) is 8.37 Å². The molecular formula is C22H22Cl2N2O5S. The number of nitrogens with zero attached hydrogens (tertiary/aromatic N) is 2. The molecule has 0 N–H and O–H groups in total. The Labute approximate surface area is 198 Å². The largest absolute Gasteiger partial charge is 0.444 e. The van der Waals surface area contributed by atoms with E-state index in [0.29, 0.717) is 16.6 Å². The number of fused-ring (bicyclic) bond motifs is 4. The maximum atomic E-state index is 12.9. The first-order valence-corrected chi connectivity index (χ1v) is 12.0. The van der Waals surface area contributed by atoms with Gasteiger partial charge in [-0.05, 0) is 57.2 Å². The quantitative estimate of drug-likeness (QED) is 0.459. The highest BCUT2D eigenvalue weighted by atomic mass is 35.5. The molecule has 2 aromatic carbocycles. The first-order valence-electron chi connectivity index (χ1n) is 10.2. The van der Waals surface area contributed by atoms with Gasteiger partial charge in [-0.2, -0.15) is 4.21 Å². The minimum absolute atomic E-state index is 0.233. The fraction of sp³-hybridized carbons (Fsp3) is 0.409. The second-order valence-corrected chi connectivity index (χ2v) is 10.7. The van der Waals surface area contributed by atoms with Gasteiger partial charge in [-0.15, -0.1) is 0 Å². The van der Waals surface area contributed by atoms with Gasteiger partial charge < -0.3 is 14.2 Å². The summed E-state index contributed by atoms with van der Waals surface area (Å²) in [7, 11) is 0. The van der Waals surface area contributed by atoms with Crippen molar-refractivity contribution in [1.82, 2.24) is 9.47 Å². The van der Waals surface area contributed by atoms with E-state index in [-0.39, 0.29) is 12.6 Å². The molecule has 0 radical (unpaired) electrons. The summed E-state index contributed by atoms with van der Waals surface area (Å²) in [4.78, 5) is 14.5. The Kier molecular flexibility index (Phi) is 5.41. The fourth-order valence-electron chi connectivity index (χ4n) is 4.46. The molecule has 2 aliphatic rings. The Morgan fingerprint density at radius 2 is 1.62 bits per heavy atom. The average Bonchev–Trinajstić information content (AvgIpc) is 3.22. The van der Waals surface area contributed by atoms with Crippen molar-refractivity contribution in [2.45, 2.75) is 44.6 Å². The van der Waals surface area contributed by atoms with Gasteiger partial charge in [0.1, 0.15) is 17.8 Å². The normalized spacial score (nSPS) is 26.0. The van der Waals surface area contributed by atoms with Gasteiger partial charge in [0.2, 0.25) is 0 Å². The van der Waals surface area contributed by atoms with E-state index in [1.165, 1.54) is 0 Å². The molecule has 3 aromatic rings. The van der Waals surface area contributed by atoms with E-state index in [2.05, 4.69) is 4.57 Å². The number of likely N-dealkylation sites (tertiary alicyclic amines) is 1. The number of piperidine rings is 1. The molecule has 5 rings (SSSR count). The minimum Gasteiger partial charge on any atom is -0.444 e. The molecule has 10 heteroatoms. The van der Waals surface area contributed by atoms with Gasteiger partial charge in [0, 0.05) is 38.4 Å². The Morgan fingerprint density at radius 3 is 2.19 bits per heavy atom. The van der Waals surface area contributed by atoms with Gasteiger partial charge in [-0.1, -0.05) is 23.2 Å². The number of benzene rings is 2. The van der Waals surface area contributed by atoms with E-state index in [0.717, 1.165) is 21.8 Å². The van der Waals surface area contributed by atoms with Crippen LogP contribution in [0.2, 0.25) is 10.0 Å². The molecule has 1 amide bonds. The maximum absolute atomic E-state index is 12.9. The summed E-state index contributed by atoms with van der Waals surface area (Å²) in [6.07, 6.45) is -1.50. The molecule has 1 aromatic heterocycles. The van der Waals surface area contributed by atoms with Crippen LogP contribution in [0.4, 0.5) is 4.79 Å². The molecule has 2 fully saturated rings. The van der Waals surface area contributed by atoms with Crippen molar-refractivity contribution in [3.8, 4) is 0 Å². The lowest BCUT2D eigenvalue weighted by molar-refractivity contribution is -0.0162. The highest BCUT2D eigenvalue weighted by Gasteiger charge is 2.49. The maximum Gasteiger partial charge on any atom is 0.410 e. The molecule has 1 unspecified atom stereocenters. The standard InChI is InChI=1S/C22H22Cl2N2O5S/c1-22(2,3)29-21(27)25-10-18(20-19(11-25)30-32(28)31-20)26-16-6-4-12(23)8-14(16)15-9-13(24)5-7-17(15)26/h4-9,18-20H,10-11H2,1-3H3/t18-,19-,20+,32?/m0/s1. The molecule has 0 aliphatic carbocycles. The highest BCUT2D eigenvalue weighted by molar-refractivity contribution is 7.75. The van der Waals surface area contributed by atoms with Gasteiger partial charge in [0.05, 0.1) is 12.6 Å². The minimum atomic E-state index is -1.88. The van der Waals surface area contributed by atoms with Crippen molar-refractivity contribution in [3.63, 3.8) is 0 Å². The molecule has 32 heavy (non-hydrogen) atoms. The number of hydrogen-bond acceptors (Lipinski definition) is 5. The zero-order valence-electron chi connectivity index (χ0n) is 17.7. The molecule has 2 saturated heterocycles. The molecule has 2 aliphatic heterocycles. The molecule has 4 atom stereocenters. The van der Waals surface area contributed by atoms with Crippen molar-refractivity contribution < 1.29 is 22.1 Å².